The Balaban J connectivity index is 2.77. The molecule has 0 aromatic heterocycles. The number of allylic oxidation sites excluding steroid dienone is 1. The zero-order chi connectivity index (χ0) is 11.5. The molecule has 0 fully saturated rings. The predicted molar refractivity (Wildman–Crippen MR) is 51.5 cm³/mol. The normalized spacial score (nSPS) is 11.0. The first kappa shape index (κ1) is 11.6. The fraction of sp³-hybridized carbons (Fsp3) is 0.273. The highest BCUT2D eigenvalue weighted by Gasteiger charge is 2.29. The van der Waals surface area contributed by atoms with Crippen LogP contribution in [-0.4, -0.2) is 0 Å². The van der Waals surface area contributed by atoms with Crippen LogP contribution in [0.5, 0.6) is 5.75 Å². The highest BCUT2D eigenvalue weighted by molar-refractivity contribution is 5.29. The van der Waals surface area contributed by atoms with Crippen LogP contribution >= 0.6 is 0 Å². The van der Waals surface area contributed by atoms with Crippen LogP contribution < -0.4 is 4.74 Å². The summed E-state index contributed by atoms with van der Waals surface area (Å²) in [6.07, 6.45) is -2.81. The topological polar surface area (TPSA) is 9.23 Å². The summed E-state index contributed by atoms with van der Waals surface area (Å²) >= 11 is 0. The molecule has 15 heavy (non-hydrogen) atoms. The summed E-state index contributed by atoms with van der Waals surface area (Å²) in [5, 5.41) is 0. The van der Waals surface area contributed by atoms with Crippen molar-refractivity contribution in [3.63, 3.8) is 0 Å². The number of hydrogen-bond acceptors (Lipinski definition) is 1. The molecule has 0 radical (unpaired) electrons. The van der Waals surface area contributed by atoms with Gasteiger partial charge in [0.2, 0.25) is 0 Å². The molecule has 1 aromatic carbocycles. The number of hydrogen-bond donors (Lipinski definition) is 0. The molecule has 0 atom stereocenters. The summed E-state index contributed by atoms with van der Waals surface area (Å²) in [5.74, 6) is 0.393. The van der Waals surface area contributed by atoms with Crippen molar-refractivity contribution in [1.29, 1.82) is 0 Å². The van der Waals surface area contributed by atoms with E-state index in [0.29, 0.717) is 5.75 Å². The quantitative estimate of drug-likeness (QED) is 0.679. The van der Waals surface area contributed by atoms with E-state index in [0.717, 1.165) is 17.7 Å². The van der Waals surface area contributed by atoms with Crippen LogP contribution in [0.3, 0.4) is 0 Å². The molecule has 0 amide bonds. The monoisotopic (exact) mass is 216 g/mol. The number of benzene rings is 1. The molecule has 0 unspecified atom stereocenters. The number of rotatable bonds is 2. The Morgan fingerprint density at radius 1 is 1.13 bits per heavy atom. The molecule has 0 aliphatic rings. The van der Waals surface area contributed by atoms with Crippen LogP contribution in [0.1, 0.15) is 19.4 Å². The molecule has 0 heterocycles. The number of ether oxygens (including phenoxy) is 1. The molecule has 0 bridgehead atoms. The third kappa shape index (κ3) is 3.65. The molecular formula is C11H11F3O. The van der Waals surface area contributed by atoms with Gasteiger partial charge in [0.15, 0.2) is 0 Å². The van der Waals surface area contributed by atoms with Gasteiger partial charge in [0.25, 0.3) is 0 Å². The maximum atomic E-state index is 12.2. The average molecular weight is 216 g/mol. The largest absolute Gasteiger partial charge is 0.465 e. The minimum Gasteiger partial charge on any atom is -0.465 e. The summed E-state index contributed by atoms with van der Waals surface area (Å²) in [4.78, 5) is 0. The molecular weight excluding hydrogens is 205 g/mol. The van der Waals surface area contributed by atoms with E-state index < -0.39 is 11.7 Å². The fourth-order valence-corrected chi connectivity index (χ4v) is 0.908. The fourth-order valence-electron chi connectivity index (χ4n) is 0.908. The molecule has 0 N–H and O–H groups in total. The van der Waals surface area contributed by atoms with E-state index in [1.807, 2.05) is 13.8 Å². The second kappa shape index (κ2) is 4.38. The first-order valence-electron chi connectivity index (χ1n) is 4.37. The van der Waals surface area contributed by atoms with Crippen LogP contribution in [-0.2, 0) is 6.18 Å². The Labute approximate surface area is 86.2 Å². The van der Waals surface area contributed by atoms with E-state index in [2.05, 4.69) is 0 Å². The van der Waals surface area contributed by atoms with Gasteiger partial charge in [0.05, 0.1) is 11.8 Å². The molecule has 82 valence electrons. The Morgan fingerprint density at radius 3 is 2.07 bits per heavy atom. The molecule has 0 spiro atoms. The van der Waals surface area contributed by atoms with Crippen molar-refractivity contribution < 1.29 is 17.9 Å². The third-order valence-electron chi connectivity index (χ3n) is 1.61. The lowest BCUT2D eigenvalue weighted by Crippen LogP contribution is -2.03. The second-order valence-corrected chi connectivity index (χ2v) is 3.34. The van der Waals surface area contributed by atoms with Crippen LogP contribution in [0, 0.1) is 0 Å². The molecule has 1 aromatic rings. The van der Waals surface area contributed by atoms with Gasteiger partial charge in [0.1, 0.15) is 5.75 Å². The number of halogens is 3. The zero-order valence-electron chi connectivity index (χ0n) is 8.43. The van der Waals surface area contributed by atoms with Crippen molar-refractivity contribution in [2.45, 2.75) is 20.0 Å². The molecule has 4 heteroatoms. The molecule has 1 nitrogen and oxygen atoms in total. The Hall–Kier alpha value is -1.45. The van der Waals surface area contributed by atoms with Crippen LogP contribution in [0.15, 0.2) is 36.1 Å². The van der Waals surface area contributed by atoms with Gasteiger partial charge in [0, 0.05) is 0 Å². The van der Waals surface area contributed by atoms with Gasteiger partial charge in [-0.25, -0.2) is 0 Å². The lowest BCUT2D eigenvalue weighted by molar-refractivity contribution is -0.137. The maximum absolute atomic E-state index is 12.2. The lowest BCUT2D eigenvalue weighted by atomic mass is 10.2. The highest BCUT2D eigenvalue weighted by Crippen LogP contribution is 2.30. The SMILES string of the molecule is CC(C)=COc1ccc(C(F)(F)F)cc1. The molecule has 0 aliphatic heterocycles. The molecule has 0 saturated heterocycles. The van der Waals surface area contributed by atoms with Crippen molar-refractivity contribution >= 4 is 0 Å². The molecule has 1 rings (SSSR count). The van der Waals surface area contributed by atoms with Crippen LogP contribution in [0.25, 0.3) is 0 Å². The third-order valence-corrected chi connectivity index (χ3v) is 1.61. The van der Waals surface area contributed by atoms with Crippen molar-refractivity contribution in [1.82, 2.24) is 0 Å². The van der Waals surface area contributed by atoms with Gasteiger partial charge in [-0.2, -0.15) is 13.2 Å². The summed E-state index contributed by atoms with van der Waals surface area (Å²) in [6.45, 7) is 3.67. The van der Waals surface area contributed by atoms with E-state index in [4.69, 9.17) is 4.74 Å². The number of alkyl halides is 3. The van der Waals surface area contributed by atoms with Gasteiger partial charge in [-0.15, -0.1) is 0 Å². The van der Waals surface area contributed by atoms with Crippen molar-refractivity contribution in [3.05, 3.63) is 41.7 Å². The summed E-state index contributed by atoms with van der Waals surface area (Å²) in [6, 6.07) is 4.58. The van der Waals surface area contributed by atoms with Gasteiger partial charge in [-0.05, 0) is 43.7 Å². The summed E-state index contributed by atoms with van der Waals surface area (Å²) < 4.78 is 41.6. The zero-order valence-corrected chi connectivity index (χ0v) is 8.43. The van der Waals surface area contributed by atoms with Crippen molar-refractivity contribution in [2.75, 3.05) is 0 Å². The Kier molecular flexibility index (Phi) is 3.39. The lowest BCUT2D eigenvalue weighted by Gasteiger charge is -2.07. The van der Waals surface area contributed by atoms with E-state index in [9.17, 15) is 13.2 Å². The van der Waals surface area contributed by atoms with Gasteiger partial charge >= 0.3 is 6.18 Å². The van der Waals surface area contributed by atoms with Crippen molar-refractivity contribution in [3.8, 4) is 5.75 Å². The van der Waals surface area contributed by atoms with Gasteiger partial charge < -0.3 is 4.74 Å². The summed E-state index contributed by atoms with van der Waals surface area (Å²) in [7, 11) is 0. The van der Waals surface area contributed by atoms with Crippen molar-refractivity contribution in [2.24, 2.45) is 0 Å². The van der Waals surface area contributed by atoms with Gasteiger partial charge in [-0.1, -0.05) is 0 Å². The van der Waals surface area contributed by atoms with E-state index in [1.54, 1.807) is 0 Å². The smallest absolute Gasteiger partial charge is 0.416 e. The summed E-state index contributed by atoms with van der Waals surface area (Å²) in [5.41, 5.74) is 0.266. The Bertz CT molecular complexity index is 345. The molecule has 0 saturated carbocycles. The van der Waals surface area contributed by atoms with E-state index in [1.165, 1.54) is 18.4 Å². The predicted octanol–water partition coefficient (Wildman–Crippen LogP) is 4.01. The van der Waals surface area contributed by atoms with E-state index in [-0.39, 0.29) is 0 Å². The second-order valence-electron chi connectivity index (χ2n) is 3.34. The van der Waals surface area contributed by atoms with Gasteiger partial charge in [-0.3, -0.25) is 0 Å². The minimum atomic E-state index is -4.30. The van der Waals surface area contributed by atoms with E-state index >= 15 is 0 Å². The standard InChI is InChI=1S/C11H11F3O/c1-8(2)7-15-10-5-3-9(4-6-10)11(12,13)14/h3-7H,1-2H3. The van der Waals surface area contributed by atoms with Crippen LogP contribution in [0.2, 0.25) is 0 Å². The molecule has 0 aliphatic carbocycles. The first-order chi connectivity index (χ1) is 6.89. The highest BCUT2D eigenvalue weighted by atomic mass is 19.4. The average Bonchev–Trinajstić information content (AvgIpc) is 2.14. The minimum absolute atomic E-state index is 0.393. The Morgan fingerprint density at radius 2 is 1.67 bits per heavy atom. The maximum Gasteiger partial charge on any atom is 0.416 e. The first-order valence-corrected chi connectivity index (χ1v) is 4.37. The van der Waals surface area contributed by atoms with Crippen LogP contribution in [0.4, 0.5) is 13.2 Å².